The third-order valence-electron chi connectivity index (χ3n) is 4.30. The van der Waals surface area contributed by atoms with Crippen LogP contribution in [0.1, 0.15) is 0 Å². The number of halogens is 1. The molecule has 0 atom stereocenters. The fourth-order valence-corrected chi connectivity index (χ4v) is 4.01. The maximum absolute atomic E-state index is 5.89. The summed E-state index contributed by atoms with van der Waals surface area (Å²) in [4.78, 5) is 0. The third kappa shape index (κ3) is 5.19. The summed E-state index contributed by atoms with van der Waals surface area (Å²) >= 11 is 3.61. The molecule has 8 heteroatoms. The number of nitrogens with zero attached hydrogens (tertiary/aromatic N) is 3. The molecule has 28 heavy (non-hydrogen) atoms. The molecule has 0 aliphatic carbocycles. The van der Waals surface area contributed by atoms with Crippen molar-refractivity contribution in [2.24, 2.45) is 0 Å². The number of aromatic nitrogens is 3. The molecule has 0 spiro atoms. The van der Waals surface area contributed by atoms with Gasteiger partial charge in [-0.1, -0.05) is 31.8 Å². The van der Waals surface area contributed by atoms with Crippen LogP contribution in [0.5, 0.6) is 5.75 Å². The molecule has 2 heterocycles. The van der Waals surface area contributed by atoms with Crippen molar-refractivity contribution >= 4 is 35.0 Å². The standard InChI is InChI=1S/C20H26BrN3O3Si/c1-25-14-27-18-8-6-5-7-16(18)17-11-15-12-19(21)24(20(15)23-22-17)13-26-9-10-28(2,3)4/h5-8,11-12H,9-10,13-14H2,1-4H3. The van der Waals surface area contributed by atoms with Gasteiger partial charge in [0.15, 0.2) is 12.4 Å². The minimum absolute atomic E-state index is 0.184. The Hall–Kier alpha value is -1.74. The van der Waals surface area contributed by atoms with Crippen molar-refractivity contribution in [1.82, 2.24) is 14.8 Å². The zero-order valence-electron chi connectivity index (χ0n) is 16.7. The lowest BCUT2D eigenvalue weighted by atomic mass is 10.1. The Kier molecular flexibility index (Phi) is 6.87. The second kappa shape index (κ2) is 9.17. The Morgan fingerprint density at radius 3 is 2.64 bits per heavy atom. The molecule has 150 valence electrons. The quantitative estimate of drug-likeness (QED) is 0.249. The monoisotopic (exact) mass is 463 g/mol. The van der Waals surface area contributed by atoms with Crippen molar-refractivity contribution in [3.8, 4) is 17.0 Å². The topological polar surface area (TPSA) is 58.4 Å². The third-order valence-corrected chi connectivity index (χ3v) is 6.66. The molecule has 0 aliphatic rings. The van der Waals surface area contributed by atoms with Crippen LogP contribution >= 0.6 is 15.9 Å². The first-order chi connectivity index (χ1) is 13.4. The van der Waals surface area contributed by atoms with Gasteiger partial charge in [-0.15, -0.1) is 10.2 Å². The van der Waals surface area contributed by atoms with Crippen LogP contribution < -0.4 is 4.74 Å². The maximum atomic E-state index is 5.89. The Labute approximate surface area is 175 Å². The molecule has 0 bridgehead atoms. The van der Waals surface area contributed by atoms with Crippen LogP contribution in [0.4, 0.5) is 0 Å². The summed E-state index contributed by atoms with van der Waals surface area (Å²) in [6, 6.07) is 12.9. The van der Waals surface area contributed by atoms with Gasteiger partial charge in [-0.05, 0) is 46.2 Å². The number of para-hydroxylation sites is 1. The van der Waals surface area contributed by atoms with E-state index in [1.807, 2.05) is 41.0 Å². The largest absolute Gasteiger partial charge is 0.467 e. The zero-order valence-corrected chi connectivity index (χ0v) is 19.3. The van der Waals surface area contributed by atoms with Crippen LogP contribution in [0.15, 0.2) is 41.0 Å². The van der Waals surface area contributed by atoms with Crippen molar-refractivity contribution in [1.29, 1.82) is 0 Å². The average Bonchev–Trinajstić information content (AvgIpc) is 2.97. The van der Waals surface area contributed by atoms with Gasteiger partial charge in [0, 0.05) is 32.7 Å². The lowest BCUT2D eigenvalue weighted by Crippen LogP contribution is -2.22. The van der Waals surface area contributed by atoms with Crippen molar-refractivity contribution in [3.05, 3.63) is 41.0 Å². The summed E-state index contributed by atoms with van der Waals surface area (Å²) in [5.41, 5.74) is 2.42. The van der Waals surface area contributed by atoms with E-state index in [1.54, 1.807) is 7.11 Å². The highest BCUT2D eigenvalue weighted by molar-refractivity contribution is 9.10. The van der Waals surface area contributed by atoms with Crippen molar-refractivity contribution < 1.29 is 14.2 Å². The molecule has 0 fully saturated rings. The molecule has 0 saturated carbocycles. The molecule has 0 radical (unpaired) electrons. The van der Waals surface area contributed by atoms with Crippen molar-refractivity contribution in [3.63, 3.8) is 0 Å². The van der Waals surface area contributed by atoms with Crippen LogP contribution in [0, 0.1) is 0 Å². The summed E-state index contributed by atoms with van der Waals surface area (Å²) in [6.45, 7) is 8.44. The lowest BCUT2D eigenvalue weighted by Gasteiger charge is -2.16. The number of hydrogen-bond donors (Lipinski definition) is 0. The molecular formula is C20H26BrN3O3Si. The van der Waals surface area contributed by atoms with Gasteiger partial charge in [-0.3, -0.25) is 4.57 Å². The summed E-state index contributed by atoms with van der Waals surface area (Å²) in [5, 5.41) is 9.87. The molecule has 2 aromatic heterocycles. The average molecular weight is 464 g/mol. The van der Waals surface area contributed by atoms with E-state index in [4.69, 9.17) is 14.2 Å². The number of hydrogen-bond acceptors (Lipinski definition) is 5. The molecule has 0 unspecified atom stereocenters. The molecule has 3 rings (SSSR count). The molecule has 3 aromatic rings. The highest BCUT2D eigenvalue weighted by atomic mass is 79.9. The predicted octanol–water partition coefficient (Wildman–Crippen LogP) is 5.16. The smallest absolute Gasteiger partial charge is 0.188 e. The Balaban J connectivity index is 1.82. The van der Waals surface area contributed by atoms with Crippen LogP contribution in [-0.4, -0.2) is 43.3 Å². The van der Waals surface area contributed by atoms with Crippen molar-refractivity contribution in [2.45, 2.75) is 32.4 Å². The number of fused-ring (bicyclic) bond motifs is 1. The van der Waals surface area contributed by atoms with Gasteiger partial charge in [0.1, 0.15) is 12.5 Å². The van der Waals surface area contributed by atoms with E-state index in [0.717, 1.165) is 39.5 Å². The van der Waals surface area contributed by atoms with E-state index in [2.05, 4.69) is 45.8 Å². The summed E-state index contributed by atoms with van der Waals surface area (Å²) < 4.78 is 19.5. The molecular weight excluding hydrogens is 438 g/mol. The normalized spacial score (nSPS) is 11.9. The fourth-order valence-electron chi connectivity index (χ4n) is 2.74. The second-order valence-corrected chi connectivity index (χ2v) is 14.2. The second-order valence-electron chi connectivity index (χ2n) is 7.80. The van der Waals surface area contributed by atoms with Gasteiger partial charge in [-0.25, -0.2) is 0 Å². The van der Waals surface area contributed by atoms with Crippen LogP contribution in [0.3, 0.4) is 0 Å². The Bertz CT molecular complexity index is 940. The van der Waals surface area contributed by atoms with E-state index < -0.39 is 8.07 Å². The van der Waals surface area contributed by atoms with E-state index in [9.17, 15) is 0 Å². The van der Waals surface area contributed by atoms with Crippen LogP contribution in [-0.2, 0) is 16.2 Å². The number of methoxy groups -OCH3 is 1. The predicted molar refractivity (Wildman–Crippen MR) is 117 cm³/mol. The first-order valence-corrected chi connectivity index (χ1v) is 13.7. The van der Waals surface area contributed by atoms with E-state index in [0.29, 0.717) is 12.5 Å². The SMILES string of the molecule is COCOc1ccccc1-c1cc2cc(Br)n(COCC[Si](C)(C)C)c2nn1. The van der Waals surface area contributed by atoms with Crippen molar-refractivity contribution in [2.75, 3.05) is 20.5 Å². The fraction of sp³-hybridized carbons (Fsp3) is 0.400. The zero-order chi connectivity index (χ0) is 20.1. The summed E-state index contributed by atoms with van der Waals surface area (Å²) in [6.07, 6.45) is 0. The first-order valence-electron chi connectivity index (χ1n) is 9.20. The highest BCUT2D eigenvalue weighted by Crippen LogP contribution is 2.31. The first kappa shape index (κ1) is 21.0. The van der Waals surface area contributed by atoms with Crippen LogP contribution in [0.2, 0.25) is 25.7 Å². The minimum Gasteiger partial charge on any atom is -0.467 e. The highest BCUT2D eigenvalue weighted by Gasteiger charge is 2.15. The molecule has 0 saturated heterocycles. The minimum atomic E-state index is -1.10. The van der Waals surface area contributed by atoms with Gasteiger partial charge in [0.05, 0.1) is 10.3 Å². The molecule has 0 N–H and O–H groups in total. The number of ether oxygens (including phenoxy) is 3. The lowest BCUT2D eigenvalue weighted by molar-refractivity contribution is 0.0515. The molecule has 6 nitrogen and oxygen atoms in total. The molecule has 0 amide bonds. The Morgan fingerprint density at radius 2 is 1.89 bits per heavy atom. The number of benzene rings is 1. The van der Waals surface area contributed by atoms with Gasteiger partial charge < -0.3 is 14.2 Å². The van der Waals surface area contributed by atoms with Gasteiger partial charge >= 0.3 is 0 Å². The van der Waals surface area contributed by atoms with E-state index in [1.165, 1.54) is 0 Å². The van der Waals surface area contributed by atoms with Gasteiger partial charge in [0.25, 0.3) is 0 Å². The van der Waals surface area contributed by atoms with Crippen LogP contribution in [0.25, 0.3) is 22.3 Å². The summed E-state index contributed by atoms with van der Waals surface area (Å²) in [7, 11) is 0.496. The van der Waals surface area contributed by atoms with E-state index in [-0.39, 0.29) is 6.79 Å². The number of rotatable bonds is 9. The summed E-state index contributed by atoms with van der Waals surface area (Å²) in [5.74, 6) is 0.714. The Morgan fingerprint density at radius 1 is 1.11 bits per heavy atom. The van der Waals surface area contributed by atoms with Gasteiger partial charge in [0.2, 0.25) is 0 Å². The maximum Gasteiger partial charge on any atom is 0.188 e. The molecule has 0 aliphatic heterocycles. The molecule has 1 aromatic carbocycles. The van der Waals surface area contributed by atoms with Gasteiger partial charge in [-0.2, -0.15) is 0 Å². The van der Waals surface area contributed by atoms with E-state index >= 15 is 0 Å².